The normalized spacial score (nSPS) is 17.9. The van der Waals surface area contributed by atoms with E-state index in [1.54, 1.807) is 19.1 Å². The van der Waals surface area contributed by atoms with E-state index in [9.17, 15) is 9.59 Å². The number of hydrogen-bond acceptors (Lipinski definition) is 4. The van der Waals surface area contributed by atoms with E-state index in [0.717, 1.165) is 5.56 Å². The van der Waals surface area contributed by atoms with Crippen molar-refractivity contribution in [3.63, 3.8) is 0 Å². The molecule has 1 aromatic carbocycles. The molecule has 1 heterocycles. The third-order valence-electron chi connectivity index (χ3n) is 3.58. The van der Waals surface area contributed by atoms with Crippen LogP contribution in [0.15, 0.2) is 29.4 Å². The minimum absolute atomic E-state index is 0.214. The second kappa shape index (κ2) is 8.15. The van der Waals surface area contributed by atoms with E-state index >= 15 is 0 Å². The lowest BCUT2D eigenvalue weighted by Crippen LogP contribution is -2.48. The summed E-state index contributed by atoms with van der Waals surface area (Å²) in [4.78, 5) is 29.3. The highest BCUT2D eigenvalue weighted by Crippen LogP contribution is 2.18. The van der Waals surface area contributed by atoms with Gasteiger partial charge in [-0.3, -0.25) is 9.59 Å². The first-order valence-electron chi connectivity index (χ1n) is 7.93. The Morgan fingerprint density at radius 1 is 1.29 bits per heavy atom. The van der Waals surface area contributed by atoms with Crippen LogP contribution in [0.2, 0.25) is 5.02 Å². The molecule has 130 valence electrons. The Kier molecular flexibility index (Phi) is 6.20. The lowest BCUT2D eigenvalue weighted by Gasteiger charge is -2.16. The van der Waals surface area contributed by atoms with Crippen molar-refractivity contribution in [2.75, 3.05) is 6.54 Å². The summed E-state index contributed by atoms with van der Waals surface area (Å²) in [5.41, 5.74) is 1.54. The van der Waals surface area contributed by atoms with Crippen LogP contribution in [-0.2, 0) is 14.4 Å². The van der Waals surface area contributed by atoms with Gasteiger partial charge < -0.3 is 15.5 Å². The maximum Gasteiger partial charge on any atom is 0.264 e. The van der Waals surface area contributed by atoms with Crippen molar-refractivity contribution in [3.05, 3.63) is 34.9 Å². The molecule has 6 nitrogen and oxygen atoms in total. The van der Waals surface area contributed by atoms with E-state index in [4.69, 9.17) is 16.4 Å². The Balaban J connectivity index is 1.84. The van der Waals surface area contributed by atoms with Gasteiger partial charge in [0, 0.05) is 18.0 Å². The van der Waals surface area contributed by atoms with Gasteiger partial charge in [0.2, 0.25) is 12.0 Å². The Morgan fingerprint density at radius 3 is 2.58 bits per heavy atom. The number of amides is 2. The van der Waals surface area contributed by atoms with Crippen LogP contribution in [0.25, 0.3) is 0 Å². The molecule has 1 aromatic rings. The molecule has 0 fully saturated rings. The van der Waals surface area contributed by atoms with Crippen molar-refractivity contribution < 1.29 is 14.4 Å². The number of carbonyl (C=O) groups is 2. The van der Waals surface area contributed by atoms with Crippen LogP contribution in [-0.4, -0.2) is 36.2 Å². The number of carbonyl (C=O) groups excluding carboxylic acids is 2. The van der Waals surface area contributed by atoms with Gasteiger partial charge in [-0.1, -0.05) is 42.7 Å². The van der Waals surface area contributed by atoms with Gasteiger partial charge >= 0.3 is 0 Å². The van der Waals surface area contributed by atoms with Crippen molar-refractivity contribution in [2.24, 2.45) is 11.1 Å². The van der Waals surface area contributed by atoms with Crippen molar-refractivity contribution in [1.82, 2.24) is 10.6 Å². The van der Waals surface area contributed by atoms with Gasteiger partial charge in [0.25, 0.3) is 5.91 Å². The fourth-order valence-corrected chi connectivity index (χ4v) is 2.29. The third-order valence-corrected chi connectivity index (χ3v) is 3.83. The van der Waals surface area contributed by atoms with E-state index < -0.39 is 12.1 Å². The van der Waals surface area contributed by atoms with Crippen LogP contribution < -0.4 is 10.6 Å². The zero-order valence-corrected chi connectivity index (χ0v) is 14.8. The molecule has 0 bridgehead atoms. The van der Waals surface area contributed by atoms with E-state index in [0.29, 0.717) is 29.6 Å². The number of benzene rings is 1. The molecule has 0 saturated heterocycles. The molecular weight excluding hydrogens is 330 g/mol. The molecule has 0 unspecified atom stereocenters. The molecule has 24 heavy (non-hydrogen) atoms. The van der Waals surface area contributed by atoms with Gasteiger partial charge in [0.05, 0.1) is 5.71 Å². The zero-order valence-electron chi connectivity index (χ0n) is 14.0. The van der Waals surface area contributed by atoms with Crippen LogP contribution in [0, 0.1) is 5.92 Å². The second-order valence-electron chi connectivity index (χ2n) is 6.21. The average Bonchev–Trinajstić information content (AvgIpc) is 3.03. The second-order valence-corrected chi connectivity index (χ2v) is 6.65. The summed E-state index contributed by atoms with van der Waals surface area (Å²) in [7, 11) is 0. The summed E-state index contributed by atoms with van der Waals surface area (Å²) in [6, 6.07) is 6.54. The molecule has 0 spiro atoms. The minimum Gasteiger partial charge on any atom is -0.382 e. The molecule has 7 heteroatoms. The summed E-state index contributed by atoms with van der Waals surface area (Å²) < 4.78 is 0. The first kappa shape index (κ1) is 18.3. The first-order chi connectivity index (χ1) is 11.4. The largest absolute Gasteiger partial charge is 0.382 e. The van der Waals surface area contributed by atoms with Crippen LogP contribution >= 0.6 is 11.6 Å². The van der Waals surface area contributed by atoms with Gasteiger partial charge in [-0.2, -0.15) is 0 Å². The van der Waals surface area contributed by atoms with Crippen LogP contribution in [0.1, 0.15) is 32.8 Å². The number of nitrogens with one attached hydrogen (secondary N) is 2. The Bertz CT molecular complexity index is 628. The molecule has 2 N–H and O–H groups in total. The van der Waals surface area contributed by atoms with Crippen molar-refractivity contribution >= 4 is 29.1 Å². The summed E-state index contributed by atoms with van der Waals surface area (Å²) in [5, 5.41) is 10.0. The molecule has 0 aromatic heterocycles. The molecule has 2 rings (SSSR count). The Morgan fingerprint density at radius 2 is 1.96 bits per heavy atom. The van der Waals surface area contributed by atoms with Gasteiger partial charge in [-0.05, 0) is 30.5 Å². The van der Waals surface area contributed by atoms with Gasteiger partial charge in [0.1, 0.15) is 6.04 Å². The summed E-state index contributed by atoms with van der Waals surface area (Å²) in [6.07, 6.45) is -0.371. The van der Waals surface area contributed by atoms with Crippen molar-refractivity contribution in [1.29, 1.82) is 0 Å². The Hall–Kier alpha value is -2.08. The first-order valence-corrected chi connectivity index (χ1v) is 8.31. The number of halogens is 1. The molecule has 1 aliphatic heterocycles. The SMILES string of the molecule is CC(C)CNC(=O)[C@H](C)NC(=O)[C@@H]1CC(c2ccc(Cl)cc2)=NO1. The lowest BCUT2D eigenvalue weighted by atomic mass is 10.0. The molecule has 2 amide bonds. The number of nitrogens with zero attached hydrogens (tertiary/aromatic N) is 1. The smallest absolute Gasteiger partial charge is 0.264 e. The van der Waals surface area contributed by atoms with Crippen molar-refractivity contribution in [3.8, 4) is 0 Å². The fourth-order valence-electron chi connectivity index (χ4n) is 2.16. The number of oxime groups is 1. The summed E-state index contributed by atoms with van der Waals surface area (Å²) in [5.74, 6) is -0.214. The van der Waals surface area contributed by atoms with Gasteiger partial charge in [0.15, 0.2) is 0 Å². The summed E-state index contributed by atoms with van der Waals surface area (Å²) in [6.45, 7) is 6.23. The van der Waals surface area contributed by atoms with Crippen LogP contribution in [0.4, 0.5) is 0 Å². The quantitative estimate of drug-likeness (QED) is 0.823. The highest BCUT2D eigenvalue weighted by Gasteiger charge is 2.30. The monoisotopic (exact) mass is 351 g/mol. The number of hydrogen-bond donors (Lipinski definition) is 2. The van der Waals surface area contributed by atoms with Gasteiger partial charge in [-0.25, -0.2) is 0 Å². The highest BCUT2D eigenvalue weighted by atomic mass is 35.5. The van der Waals surface area contributed by atoms with Crippen LogP contribution in [0.3, 0.4) is 0 Å². The molecule has 0 aliphatic carbocycles. The maximum atomic E-state index is 12.2. The Labute approximate surface area is 146 Å². The zero-order chi connectivity index (χ0) is 17.7. The predicted molar refractivity (Wildman–Crippen MR) is 92.9 cm³/mol. The summed E-state index contributed by atoms with van der Waals surface area (Å²) >= 11 is 5.86. The van der Waals surface area contributed by atoms with E-state index in [2.05, 4.69) is 15.8 Å². The van der Waals surface area contributed by atoms with E-state index in [1.165, 1.54) is 0 Å². The molecule has 0 saturated carbocycles. The lowest BCUT2D eigenvalue weighted by molar-refractivity contribution is -0.135. The van der Waals surface area contributed by atoms with E-state index in [-0.39, 0.29) is 11.8 Å². The standard InChI is InChI=1S/C17H22ClN3O3/c1-10(2)9-19-16(22)11(3)20-17(23)15-8-14(21-24-15)12-4-6-13(18)7-5-12/h4-7,10-11,15H,8-9H2,1-3H3,(H,19,22)(H,20,23)/t11-,15-/m0/s1. The van der Waals surface area contributed by atoms with E-state index in [1.807, 2.05) is 26.0 Å². The maximum absolute atomic E-state index is 12.2. The molecule has 1 aliphatic rings. The number of rotatable bonds is 6. The van der Waals surface area contributed by atoms with Crippen LogP contribution in [0.5, 0.6) is 0 Å². The average molecular weight is 352 g/mol. The molecule has 0 radical (unpaired) electrons. The topological polar surface area (TPSA) is 79.8 Å². The van der Waals surface area contributed by atoms with Crippen molar-refractivity contribution in [2.45, 2.75) is 39.3 Å². The third kappa shape index (κ3) is 4.96. The molecular formula is C17H22ClN3O3. The van der Waals surface area contributed by atoms with Gasteiger partial charge in [-0.15, -0.1) is 0 Å². The fraction of sp³-hybridized carbons (Fsp3) is 0.471. The molecule has 2 atom stereocenters. The predicted octanol–water partition coefficient (Wildman–Crippen LogP) is 2.11. The highest BCUT2D eigenvalue weighted by molar-refractivity contribution is 6.30. The minimum atomic E-state index is -0.726.